The second-order valence-corrected chi connectivity index (χ2v) is 10.4. The number of rotatable bonds is 4. The summed E-state index contributed by atoms with van der Waals surface area (Å²) in [6, 6.07) is 5.81. The molecule has 0 unspecified atom stereocenters. The monoisotopic (exact) mass is 463 g/mol. The van der Waals surface area contributed by atoms with Crippen molar-refractivity contribution in [2.24, 2.45) is 5.92 Å². The number of amides is 1. The number of sulfonamides is 1. The molecular weight excluding hydrogens is 442 g/mol. The van der Waals surface area contributed by atoms with Crippen molar-refractivity contribution in [1.82, 2.24) is 19.3 Å². The van der Waals surface area contributed by atoms with Crippen LogP contribution < -0.4 is 16.6 Å². The van der Waals surface area contributed by atoms with E-state index in [2.05, 4.69) is 15.3 Å². The molecule has 1 aliphatic rings. The Labute approximate surface area is 181 Å². The zero-order valence-electron chi connectivity index (χ0n) is 16.9. The first-order valence-corrected chi connectivity index (χ1v) is 11.9. The second kappa shape index (κ2) is 8.02. The van der Waals surface area contributed by atoms with Gasteiger partial charge in [0.05, 0.1) is 16.1 Å². The Bertz CT molecular complexity index is 1390. The highest BCUT2D eigenvalue weighted by Gasteiger charge is 2.36. The maximum absolute atomic E-state index is 13.1. The minimum Gasteiger partial charge on any atom is -0.310 e. The highest BCUT2D eigenvalue weighted by atomic mass is 32.2. The lowest BCUT2D eigenvalue weighted by molar-refractivity contribution is -0.120. The van der Waals surface area contributed by atoms with Gasteiger partial charge in [0.15, 0.2) is 10.0 Å². The number of nitrogens with zero attached hydrogens (tertiary/aromatic N) is 2. The predicted molar refractivity (Wildman–Crippen MR) is 117 cm³/mol. The standard InChI is InChI=1S/C19H21N5O5S2/c1-10-5-6-13-14(8-10)30-19(21-13)23-16(25)12-4-3-7-24(9-12)31(28,29)15-11(2)20-18(27)22-17(15)26/h5-6,8,12H,3-4,7,9H2,1-2H3,(H,21,23,25)(H2,20,22,26,27)/t12-/m1/s1. The van der Waals surface area contributed by atoms with Gasteiger partial charge < -0.3 is 10.3 Å². The molecule has 1 fully saturated rings. The molecule has 164 valence electrons. The Kier molecular flexibility index (Phi) is 5.54. The molecule has 12 heteroatoms. The molecule has 1 amide bonds. The van der Waals surface area contributed by atoms with Crippen LogP contribution in [0.1, 0.15) is 24.1 Å². The van der Waals surface area contributed by atoms with Gasteiger partial charge in [-0.05, 0) is 44.4 Å². The lowest BCUT2D eigenvalue weighted by atomic mass is 9.99. The van der Waals surface area contributed by atoms with E-state index in [-0.39, 0.29) is 24.7 Å². The molecule has 1 aliphatic heterocycles. The molecule has 0 saturated carbocycles. The van der Waals surface area contributed by atoms with Crippen molar-refractivity contribution in [3.63, 3.8) is 0 Å². The third-order valence-electron chi connectivity index (χ3n) is 5.20. The van der Waals surface area contributed by atoms with Crippen LogP contribution in [-0.2, 0) is 14.8 Å². The summed E-state index contributed by atoms with van der Waals surface area (Å²) < 4.78 is 28.2. The summed E-state index contributed by atoms with van der Waals surface area (Å²) in [6.07, 6.45) is 0.986. The summed E-state index contributed by atoms with van der Waals surface area (Å²) in [5.41, 5.74) is 0.0901. The fourth-order valence-corrected chi connectivity index (χ4v) is 6.39. The molecule has 0 spiro atoms. The lowest BCUT2D eigenvalue weighted by Crippen LogP contribution is -2.45. The average molecular weight is 464 g/mol. The van der Waals surface area contributed by atoms with E-state index in [0.29, 0.717) is 18.0 Å². The van der Waals surface area contributed by atoms with Crippen LogP contribution in [0.3, 0.4) is 0 Å². The molecule has 0 aliphatic carbocycles. The molecule has 1 atom stereocenters. The van der Waals surface area contributed by atoms with Crippen LogP contribution in [0.5, 0.6) is 0 Å². The SMILES string of the molecule is Cc1ccc2nc(NC(=O)[C@@H]3CCCN(S(=O)(=O)c4c(C)[nH]c(=O)[nH]c4=O)C3)sc2c1. The highest BCUT2D eigenvalue weighted by Crippen LogP contribution is 2.28. The Hall–Kier alpha value is -2.83. The number of anilines is 1. The van der Waals surface area contributed by atoms with Gasteiger partial charge in [-0.1, -0.05) is 17.4 Å². The number of benzene rings is 1. The topological polar surface area (TPSA) is 145 Å². The van der Waals surface area contributed by atoms with Gasteiger partial charge in [0, 0.05) is 18.8 Å². The van der Waals surface area contributed by atoms with Gasteiger partial charge in [-0.2, -0.15) is 4.31 Å². The van der Waals surface area contributed by atoms with Crippen molar-refractivity contribution in [2.75, 3.05) is 18.4 Å². The number of hydrogen-bond donors (Lipinski definition) is 3. The number of aryl methyl sites for hydroxylation is 2. The minimum absolute atomic E-state index is 0.0369. The summed E-state index contributed by atoms with van der Waals surface area (Å²) in [5.74, 6) is -0.901. The highest BCUT2D eigenvalue weighted by molar-refractivity contribution is 7.89. The van der Waals surface area contributed by atoms with E-state index in [9.17, 15) is 22.8 Å². The molecule has 4 rings (SSSR count). The molecule has 3 aromatic rings. The molecule has 31 heavy (non-hydrogen) atoms. The zero-order chi connectivity index (χ0) is 22.3. The number of piperidine rings is 1. The first-order chi connectivity index (χ1) is 14.6. The van der Waals surface area contributed by atoms with Crippen LogP contribution in [0.2, 0.25) is 0 Å². The Morgan fingerprint density at radius 2 is 2.03 bits per heavy atom. The van der Waals surface area contributed by atoms with Crippen molar-refractivity contribution in [3.05, 3.63) is 50.3 Å². The quantitative estimate of drug-likeness (QED) is 0.532. The van der Waals surface area contributed by atoms with Crippen LogP contribution in [-0.4, -0.2) is 46.7 Å². The van der Waals surface area contributed by atoms with Gasteiger partial charge in [-0.25, -0.2) is 18.2 Å². The van der Waals surface area contributed by atoms with Gasteiger partial charge in [-0.15, -0.1) is 0 Å². The van der Waals surface area contributed by atoms with Crippen molar-refractivity contribution in [1.29, 1.82) is 0 Å². The van der Waals surface area contributed by atoms with Gasteiger partial charge in [0.1, 0.15) is 0 Å². The van der Waals surface area contributed by atoms with E-state index in [4.69, 9.17) is 0 Å². The van der Waals surface area contributed by atoms with Crippen molar-refractivity contribution in [2.45, 2.75) is 31.6 Å². The third kappa shape index (κ3) is 4.18. The first kappa shape index (κ1) is 21.4. The number of fused-ring (bicyclic) bond motifs is 1. The van der Waals surface area contributed by atoms with E-state index in [0.717, 1.165) is 20.1 Å². The summed E-state index contributed by atoms with van der Waals surface area (Å²) in [7, 11) is -4.18. The van der Waals surface area contributed by atoms with Crippen molar-refractivity contribution < 1.29 is 13.2 Å². The zero-order valence-corrected chi connectivity index (χ0v) is 18.5. The van der Waals surface area contributed by atoms with Crippen molar-refractivity contribution >= 4 is 42.6 Å². The van der Waals surface area contributed by atoms with Crippen LogP contribution >= 0.6 is 11.3 Å². The van der Waals surface area contributed by atoms with Crippen molar-refractivity contribution in [3.8, 4) is 0 Å². The largest absolute Gasteiger partial charge is 0.325 e. The van der Waals surface area contributed by atoms with Gasteiger partial charge in [-0.3, -0.25) is 14.6 Å². The van der Waals surface area contributed by atoms with E-state index < -0.39 is 32.1 Å². The van der Waals surface area contributed by atoms with Crippen LogP contribution in [0.4, 0.5) is 5.13 Å². The van der Waals surface area contributed by atoms with Gasteiger partial charge in [0.25, 0.3) is 5.56 Å². The number of nitrogens with one attached hydrogen (secondary N) is 3. The number of hydrogen-bond acceptors (Lipinski definition) is 7. The van der Waals surface area contributed by atoms with E-state index >= 15 is 0 Å². The number of carbonyl (C=O) groups is 1. The van der Waals surface area contributed by atoms with Crippen LogP contribution in [0.25, 0.3) is 10.2 Å². The fourth-order valence-electron chi connectivity index (χ4n) is 3.70. The molecule has 3 N–H and O–H groups in total. The normalized spacial score (nSPS) is 17.7. The number of H-pyrrole nitrogens is 2. The summed E-state index contributed by atoms with van der Waals surface area (Å²) in [6.45, 7) is 3.46. The Morgan fingerprint density at radius 1 is 1.26 bits per heavy atom. The van der Waals surface area contributed by atoms with Gasteiger partial charge in [0.2, 0.25) is 15.9 Å². The van der Waals surface area contributed by atoms with Gasteiger partial charge >= 0.3 is 5.69 Å². The molecule has 2 aromatic heterocycles. The number of carbonyl (C=O) groups excluding carboxylic acids is 1. The maximum Gasteiger partial charge on any atom is 0.325 e. The number of thiazole rings is 1. The molecule has 1 aromatic carbocycles. The van der Waals surface area contributed by atoms with E-state index in [1.807, 2.05) is 30.1 Å². The predicted octanol–water partition coefficient (Wildman–Crippen LogP) is 1.33. The molecular formula is C19H21N5O5S2. The molecule has 3 heterocycles. The summed E-state index contributed by atoms with van der Waals surface area (Å²) in [4.78, 5) is 44.5. The molecule has 0 radical (unpaired) electrons. The van der Waals surface area contributed by atoms with E-state index in [1.54, 1.807) is 0 Å². The van der Waals surface area contributed by atoms with Crippen LogP contribution in [0.15, 0.2) is 32.7 Å². The molecule has 10 nitrogen and oxygen atoms in total. The average Bonchev–Trinajstić information content (AvgIpc) is 3.08. The molecule has 1 saturated heterocycles. The maximum atomic E-state index is 13.1. The second-order valence-electron chi connectivity index (χ2n) is 7.54. The third-order valence-corrected chi connectivity index (χ3v) is 8.15. The van der Waals surface area contributed by atoms with E-state index in [1.165, 1.54) is 18.3 Å². The van der Waals surface area contributed by atoms with Crippen LogP contribution in [0, 0.1) is 19.8 Å². The first-order valence-electron chi connectivity index (χ1n) is 9.66. The Balaban J connectivity index is 1.54. The minimum atomic E-state index is -4.18. The number of aromatic nitrogens is 3. The summed E-state index contributed by atoms with van der Waals surface area (Å²) in [5, 5.41) is 3.25. The fraction of sp³-hybridized carbons (Fsp3) is 0.368. The number of aromatic amines is 2. The Morgan fingerprint density at radius 3 is 2.77 bits per heavy atom. The lowest BCUT2D eigenvalue weighted by Gasteiger charge is -2.31. The molecule has 0 bridgehead atoms. The smallest absolute Gasteiger partial charge is 0.310 e. The summed E-state index contributed by atoms with van der Waals surface area (Å²) >= 11 is 1.36.